The van der Waals surface area contributed by atoms with Crippen molar-refractivity contribution in [1.82, 2.24) is 9.55 Å². The number of hydrogen-bond acceptors (Lipinski definition) is 4. The van der Waals surface area contributed by atoms with Crippen LogP contribution in [0, 0.1) is 0 Å². The van der Waals surface area contributed by atoms with Crippen molar-refractivity contribution in [3.63, 3.8) is 0 Å². The maximum atomic E-state index is 12.1. The van der Waals surface area contributed by atoms with E-state index in [2.05, 4.69) is 15.0 Å². The predicted molar refractivity (Wildman–Crippen MR) is 79.2 cm³/mol. The van der Waals surface area contributed by atoms with Crippen LogP contribution in [-0.2, 0) is 11.3 Å². The van der Waals surface area contributed by atoms with Crippen molar-refractivity contribution in [3.8, 4) is 0 Å². The summed E-state index contributed by atoms with van der Waals surface area (Å²) in [5.41, 5.74) is 9.52. The molecule has 8 heteroatoms. The highest BCUT2D eigenvalue weighted by molar-refractivity contribution is 6.31. The van der Waals surface area contributed by atoms with Crippen LogP contribution >= 0.6 is 11.6 Å². The highest BCUT2D eigenvalue weighted by Gasteiger charge is 2.20. The number of halogens is 1. The molecule has 0 bridgehead atoms. The van der Waals surface area contributed by atoms with E-state index in [0.717, 1.165) is 0 Å². The fourth-order valence-electron chi connectivity index (χ4n) is 1.84. The van der Waals surface area contributed by atoms with Gasteiger partial charge in [-0.2, -0.15) is 0 Å². The molecule has 0 N–H and O–H groups in total. The molecule has 0 atom stereocenters. The van der Waals surface area contributed by atoms with Crippen molar-refractivity contribution in [2.45, 2.75) is 32.9 Å². The molecule has 0 spiro atoms. The lowest BCUT2D eigenvalue weighted by atomic mass is 10.2. The molecule has 0 aliphatic heterocycles. The van der Waals surface area contributed by atoms with Gasteiger partial charge in [0.2, 0.25) is 0 Å². The first kappa shape index (κ1) is 15.2. The van der Waals surface area contributed by atoms with Gasteiger partial charge in [-0.3, -0.25) is 0 Å². The SMILES string of the molecule is CC(C)(C)OC(=O)n1cnc2c(CN=[N+]=[N-])cc(Cl)cc21. The van der Waals surface area contributed by atoms with E-state index in [9.17, 15) is 4.79 Å². The zero-order valence-corrected chi connectivity index (χ0v) is 12.6. The second-order valence-corrected chi connectivity index (χ2v) is 5.85. The molecule has 110 valence electrons. The highest BCUT2D eigenvalue weighted by Crippen LogP contribution is 2.24. The molecule has 0 saturated carbocycles. The predicted octanol–water partition coefficient (Wildman–Crippen LogP) is 4.28. The minimum absolute atomic E-state index is 0.110. The van der Waals surface area contributed by atoms with Gasteiger partial charge in [0.25, 0.3) is 0 Å². The number of carbonyl (C=O) groups excluding carboxylic acids is 1. The second-order valence-electron chi connectivity index (χ2n) is 5.42. The number of imidazole rings is 1. The molecule has 0 unspecified atom stereocenters. The van der Waals surface area contributed by atoms with Crippen molar-refractivity contribution in [2.24, 2.45) is 5.11 Å². The Kier molecular flexibility index (Phi) is 4.06. The standard InChI is InChI=1S/C13H14ClN5O2/c1-13(2,3)21-12(20)19-7-16-11-8(6-17-18-15)4-9(14)5-10(11)19/h4-5,7H,6H2,1-3H3. The number of fused-ring (bicyclic) bond motifs is 1. The number of hydrogen-bond donors (Lipinski definition) is 0. The smallest absolute Gasteiger partial charge is 0.420 e. The third-order valence-corrected chi connectivity index (χ3v) is 2.81. The van der Waals surface area contributed by atoms with Crippen LogP contribution in [0.1, 0.15) is 26.3 Å². The van der Waals surface area contributed by atoms with Gasteiger partial charge in [0.05, 0.1) is 17.6 Å². The van der Waals surface area contributed by atoms with Gasteiger partial charge >= 0.3 is 6.09 Å². The maximum absolute atomic E-state index is 12.1. The molecule has 2 aromatic rings. The summed E-state index contributed by atoms with van der Waals surface area (Å²) in [4.78, 5) is 19.0. The summed E-state index contributed by atoms with van der Waals surface area (Å²) in [6, 6.07) is 3.28. The number of azide groups is 1. The topological polar surface area (TPSA) is 92.9 Å². The lowest BCUT2D eigenvalue weighted by Gasteiger charge is -2.19. The first-order valence-electron chi connectivity index (χ1n) is 6.21. The molecule has 0 amide bonds. The molecule has 0 fully saturated rings. The zero-order chi connectivity index (χ0) is 15.6. The quantitative estimate of drug-likeness (QED) is 0.470. The van der Waals surface area contributed by atoms with Gasteiger partial charge in [-0.1, -0.05) is 16.7 Å². The molecule has 7 nitrogen and oxygen atoms in total. The molecular formula is C13H14ClN5O2. The Labute approximate surface area is 126 Å². The Morgan fingerprint density at radius 2 is 2.24 bits per heavy atom. The number of carbonyl (C=O) groups is 1. The Morgan fingerprint density at radius 3 is 2.86 bits per heavy atom. The van der Waals surface area contributed by atoms with Crippen LogP contribution in [0.5, 0.6) is 0 Å². The molecule has 1 aromatic carbocycles. The van der Waals surface area contributed by atoms with Crippen LogP contribution in [0.2, 0.25) is 5.02 Å². The van der Waals surface area contributed by atoms with E-state index in [4.69, 9.17) is 21.9 Å². The number of nitrogens with zero attached hydrogens (tertiary/aromatic N) is 5. The fourth-order valence-corrected chi connectivity index (χ4v) is 2.07. The van der Waals surface area contributed by atoms with Crippen LogP contribution in [0.25, 0.3) is 21.5 Å². The maximum Gasteiger partial charge on any atom is 0.420 e. The minimum Gasteiger partial charge on any atom is -0.443 e. The first-order chi connectivity index (χ1) is 9.81. The third-order valence-electron chi connectivity index (χ3n) is 2.59. The Morgan fingerprint density at radius 1 is 1.52 bits per heavy atom. The van der Waals surface area contributed by atoms with Gasteiger partial charge in [0.15, 0.2) is 0 Å². The van der Waals surface area contributed by atoms with Crippen molar-refractivity contribution in [1.29, 1.82) is 0 Å². The van der Waals surface area contributed by atoms with E-state index in [-0.39, 0.29) is 6.54 Å². The summed E-state index contributed by atoms with van der Waals surface area (Å²) in [5.74, 6) is 0. The van der Waals surface area contributed by atoms with Crippen LogP contribution in [0.3, 0.4) is 0 Å². The van der Waals surface area contributed by atoms with Gasteiger partial charge in [-0.25, -0.2) is 14.3 Å². The molecule has 0 radical (unpaired) electrons. The molecule has 0 saturated heterocycles. The van der Waals surface area contributed by atoms with Gasteiger partial charge in [-0.05, 0) is 44.0 Å². The molecule has 1 heterocycles. The molecule has 0 aliphatic carbocycles. The molecule has 21 heavy (non-hydrogen) atoms. The minimum atomic E-state index is -0.611. The number of ether oxygens (including phenoxy) is 1. The van der Waals surface area contributed by atoms with Gasteiger partial charge < -0.3 is 4.74 Å². The summed E-state index contributed by atoms with van der Waals surface area (Å²) < 4.78 is 6.59. The summed E-state index contributed by atoms with van der Waals surface area (Å²) >= 11 is 6.04. The second kappa shape index (κ2) is 5.63. The van der Waals surface area contributed by atoms with E-state index in [1.165, 1.54) is 10.9 Å². The van der Waals surface area contributed by atoms with E-state index >= 15 is 0 Å². The normalized spacial score (nSPS) is 11.2. The van der Waals surface area contributed by atoms with Gasteiger partial charge in [0.1, 0.15) is 11.9 Å². The van der Waals surface area contributed by atoms with Crippen molar-refractivity contribution >= 4 is 28.7 Å². The molecule has 0 aliphatic rings. The van der Waals surface area contributed by atoms with E-state index in [0.29, 0.717) is 21.6 Å². The van der Waals surface area contributed by atoms with Crippen LogP contribution in [-0.4, -0.2) is 21.2 Å². The summed E-state index contributed by atoms with van der Waals surface area (Å²) in [7, 11) is 0. The van der Waals surface area contributed by atoms with Gasteiger partial charge in [-0.15, -0.1) is 0 Å². The number of benzene rings is 1. The van der Waals surface area contributed by atoms with Crippen LogP contribution in [0.15, 0.2) is 23.6 Å². The molecule has 2 rings (SSSR count). The largest absolute Gasteiger partial charge is 0.443 e. The molecular weight excluding hydrogens is 294 g/mol. The van der Waals surface area contributed by atoms with Crippen molar-refractivity contribution < 1.29 is 9.53 Å². The lowest BCUT2D eigenvalue weighted by molar-refractivity contribution is 0.0543. The Hall–Kier alpha value is -2.24. The first-order valence-corrected chi connectivity index (χ1v) is 6.59. The summed E-state index contributed by atoms with van der Waals surface area (Å²) in [5, 5.41) is 3.93. The van der Waals surface area contributed by atoms with Crippen LogP contribution < -0.4 is 0 Å². The zero-order valence-electron chi connectivity index (χ0n) is 11.9. The Bertz CT molecular complexity index is 741. The van der Waals surface area contributed by atoms with Crippen LogP contribution in [0.4, 0.5) is 4.79 Å². The third kappa shape index (κ3) is 3.45. The van der Waals surface area contributed by atoms with E-state index < -0.39 is 11.7 Å². The van der Waals surface area contributed by atoms with Crippen molar-refractivity contribution in [3.05, 3.63) is 39.5 Å². The average molecular weight is 308 g/mol. The monoisotopic (exact) mass is 307 g/mol. The van der Waals surface area contributed by atoms with E-state index in [1.54, 1.807) is 32.9 Å². The highest BCUT2D eigenvalue weighted by atomic mass is 35.5. The van der Waals surface area contributed by atoms with E-state index in [1.807, 2.05) is 0 Å². The summed E-state index contributed by atoms with van der Waals surface area (Å²) in [6.07, 6.45) is 0.830. The Balaban J connectivity index is 2.50. The number of aromatic nitrogens is 2. The fraction of sp³-hybridized carbons (Fsp3) is 0.385. The average Bonchev–Trinajstić information content (AvgIpc) is 2.77. The molecule has 1 aromatic heterocycles. The summed E-state index contributed by atoms with van der Waals surface area (Å²) in [6.45, 7) is 5.46. The van der Waals surface area contributed by atoms with Gasteiger partial charge in [0, 0.05) is 9.93 Å². The number of rotatable bonds is 2. The lowest BCUT2D eigenvalue weighted by Crippen LogP contribution is -2.26. The van der Waals surface area contributed by atoms with Crippen molar-refractivity contribution in [2.75, 3.05) is 0 Å².